The molecule has 1 fully saturated rings. The van der Waals surface area contributed by atoms with Crippen LogP contribution in [0.4, 0.5) is 10.5 Å². The Hall–Kier alpha value is -3.10. The minimum atomic E-state index is -1.10. The van der Waals surface area contributed by atoms with E-state index in [0.717, 1.165) is 4.90 Å². The van der Waals surface area contributed by atoms with Crippen molar-refractivity contribution in [3.8, 4) is 5.75 Å². The number of anilines is 1. The summed E-state index contributed by atoms with van der Waals surface area (Å²) in [5, 5.41) is 5.05. The molecule has 1 aliphatic rings. The number of hydrogen-bond acceptors (Lipinski definition) is 6. The highest BCUT2D eigenvalue weighted by molar-refractivity contribution is 6.08. The van der Waals surface area contributed by atoms with Crippen molar-refractivity contribution in [3.05, 3.63) is 24.3 Å². The van der Waals surface area contributed by atoms with Gasteiger partial charge in [0.1, 0.15) is 17.8 Å². The first kappa shape index (κ1) is 19.2. The van der Waals surface area contributed by atoms with E-state index in [1.165, 1.54) is 27.9 Å². The largest absolute Gasteiger partial charge is 0.497 e. The molecule has 9 heteroatoms. The fraction of sp³-hybridized carbons (Fsp3) is 0.412. The third-order valence-corrected chi connectivity index (χ3v) is 3.77. The number of methoxy groups -OCH3 is 1. The van der Waals surface area contributed by atoms with Crippen LogP contribution in [0.25, 0.3) is 0 Å². The zero-order valence-electron chi connectivity index (χ0n) is 15.0. The second-order valence-electron chi connectivity index (χ2n) is 6.30. The molecule has 140 valence electrons. The van der Waals surface area contributed by atoms with E-state index in [1.807, 2.05) is 0 Å². The Balaban J connectivity index is 1.88. The van der Waals surface area contributed by atoms with Crippen molar-refractivity contribution in [2.24, 2.45) is 0 Å². The molecule has 9 nitrogen and oxygen atoms in total. The Labute approximate surface area is 150 Å². The van der Waals surface area contributed by atoms with E-state index < -0.39 is 42.0 Å². The molecular weight excluding hydrogens is 342 g/mol. The Kier molecular flexibility index (Phi) is 5.49. The van der Waals surface area contributed by atoms with Crippen LogP contribution in [0, 0.1) is 0 Å². The molecule has 1 aromatic carbocycles. The van der Waals surface area contributed by atoms with Gasteiger partial charge in [0.2, 0.25) is 0 Å². The van der Waals surface area contributed by atoms with Gasteiger partial charge in [0, 0.05) is 5.69 Å². The van der Waals surface area contributed by atoms with E-state index in [9.17, 15) is 19.2 Å². The first-order chi connectivity index (χ1) is 12.1. The number of carbonyl (C=O) groups excluding carboxylic acids is 4. The van der Waals surface area contributed by atoms with Crippen molar-refractivity contribution in [1.29, 1.82) is 0 Å². The zero-order chi connectivity index (χ0) is 19.5. The number of hydrogen-bond donors (Lipinski definition) is 2. The van der Waals surface area contributed by atoms with Gasteiger partial charge in [0.05, 0.1) is 7.11 Å². The summed E-state index contributed by atoms with van der Waals surface area (Å²) in [6.07, 6.45) is -1.10. The number of nitrogens with zero attached hydrogens (tertiary/aromatic N) is 1. The second kappa shape index (κ2) is 7.42. The van der Waals surface area contributed by atoms with Crippen LogP contribution in [0.5, 0.6) is 5.75 Å². The maximum atomic E-state index is 12.1. The molecule has 1 saturated heterocycles. The molecule has 1 unspecified atom stereocenters. The third kappa shape index (κ3) is 4.29. The van der Waals surface area contributed by atoms with Gasteiger partial charge in [-0.1, -0.05) is 0 Å². The molecule has 0 aliphatic carbocycles. The van der Waals surface area contributed by atoms with Gasteiger partial charge < -0.3 is 20.1 Å². The lowest BCUT2D eigenvalue weighted by Crippen LogP contribution is -2.42. The number of amides is 4. The predicted molar refractivity (Wildman–Crippen MR) is 91.5 cm³/mol. The van der Waals surface area contributed by atoms with Gasteiger partial charge >= 0.3 is 12.0 Å². The molecule has 0 aromatic heterocycles. The molecule has 2 rings (SSSR count). The van der Waals surface area contributed by atoms with Crippen LogP contribution >= 0.6 is 0 Å². The summed E-state index contributed by atoms with van der Waals surface area (Å²) >= 11 is 0. The number of benzene rings is 1. The number of carbonyl (C=O) groups is 4. The fourth-order valence-corrected chi connectivity index (χ4v) is 2.30. The summed E-state index contributed by atoms with van der Waals surface area (Å²) in [5.74, 6) is -1.29. The van der Waals surface area contributed by atoms with Crippen molar-refractivity contribution in [1.82, 2.24) is 10.2 Å². The Bertz CT molecular complexity index is 729. The van der Waals surface area contributed by atoms with Gasteiger partial charge in [0.15, 0.2) is 6.10 Å². The minimum absolute atomic E-state index is 0.509. The van der Waals surface area contributed by atoms with E-state index in [1.54, 1.807) is 24.3 Å². The van der Waals surface area contributed by atoms with Gasteiger partial charge in [0.25, 0.3) is 11.8 Å². The number of ether oxygens (including phenoxy) is 2. The molecule has 0 saturated carbocycles. The molecule has 1 heterocycles. The minimum Gasteiger partial charge on any atom is -0.497 e. The molecule has 1 atom stereocenters. The quantitative estimate of drug-likeness (QED) is 0.573. The highest BCUT2D eigenvalue weighted by Gasteiger charge is 2.45. The molecule has 26 heavy (non-hydrogen) atoms. The topological polar surface area (TPSA) is 114 Å². The standard InChI is InChI=1S/C17H21N3O6/c1-10(14(22)18-11-5-7-12(25-4)8-6-11)26-13(21)9-20-15(23)17(2,3)19-16(20)24/h5-8,10H,9H2,1-4H3,(H,18,22)(H,19,24). The average molecular weight is 363 g/mol. The second-order valence-corrected chi connectivity index (χ2v) is 6.30. The zero-order valence-corrected chi connectivity index (χ0v) is 15.0. The van der Waals surface area contributed by atoms with Crippen molar-refractivity contribution < 1.29 is 28.7 Å². The highest BCUT2D eigenvalue weighted by atomic mass is 16.5. The summed E-state index contributed by atoms with van der Waals surface area (Å²) in [5.41, 5.74) is -0.566. The van der Waals surface area contributed by atoms with Crippen LogP contribution in [0.15, 0.2) is 24.3 Å². The fourth-order valence-electron chi connectivity index (χ4n) is 2.30. The molecule has 1 aromatic rings. The lowest BCUT2D eigenvalue weighted by molar-refractivity contribution is -0.155. The van der Waals surface area contributed by atoms with Crippen molar-refractivity contribution >= 4 is 29.5 Å². The monoisotopic (exact) mass is 363 g/mol. The van der Waals surface area contributed by atoms with Gasteiger partial charge in [-0.05, 0) is 45.0 Å². The Morgan fingerprint density at radius 1 is 1.23 bits per heavy atom. The summed E-state index contributed by atoms with van der Waals surface area (Å²) in [6, 6.07) is 5.95. The summed E-state index contributed by atoms with van der Waals surface area (Å²) in [7, 11) is 1.53. The lowest BCUT2D eigenvalue weighted by Gasteiger charge is -2.17. The van der Waals surface area contributed by atoms with E-state index >= 15 is 0 Å². The average Bonchev–Trinajstić information content (AvgIpc) is 2.77. The molecule has 4 amide bonds. The third-order valence-electron chi connectivity index (χ3n) is 3.77. The number of esters is 1. The maximum Gasteiger partial charge on any atom is 0.327 e. The molecule has 0 spiro atoms. The van der Waals surface area contributed by atoms with Crippen LogP contribution in [0.2, 0.25) is 0 Å². The highest BCUT2D eigenvalue weighted by Crippen LogP contribution is 2.17. The molecular formula is C17H21N3O6. The Morgan fingerprint density at radius 2 is 1.85 bits per heavy atom. The smallest absolute Gasteiger partial charge is 0.327 e. The summed E-state index contributed by atoms with van der Waals surface area (Å²) in [6.45, 7) is 3.90. The van der Waals surface area contributed by atoms with Crippen molar-refractivity contribution in [2.75, 3.05) is 19.0 Å². The van der Waals surface area contributed by atoms with Crippen molar-refractivity contribution in [3.63, 3.8) is 0 Å². The van der Waals surface area contributed by atoms with E-state index in [0.29, 0.717) is 11.4 Å². The predicted octanol–water partition coefficient (Wildman–Crippen LogP) is 0.896. The Morgan fingerprint density at radius 3 is 2.35 bits per heavy atom. The normalized spacial score (nSPS) is 16.7. The van der Waals surface area contributed by atoms with Gasteiger partial charge in [-0.2, -0.15) is 0 Å². The SMILES string of the molecule is COc1ccc(NC(=O)C(C)OC(=O)CN2C(=O)NC(C)(C)C2=O)cc1. The van der Waals surface area contributed by atoms with Crippen LogP contribution in [0.1, 0.15) is 20.8 Å². The number of urea groups is 1. The van der Waals surface area contributed by atoms with E-state index in [2.05, 4.69) is 10.6 Å². The molecule has 0 radical (unpaired) electrons. The number of nitrogens with one attached hydrogen (secondary N) is 2. The summed E-state index contributed by atoms with van der Waals surface area (Å²) < 4.78 is 10.0. The molecule has 0 bridgehead atoms. The lowest BCUT2D eigenvalue weighted by atomic mass is 10.1. The molecule has 2 N–H and O–H groups in total. The van der Waals surface area contributed by atoms with Crippen LogP contribution < -0.4 is 15.4 Å². The summed E-state index contributed by atoms with van der Waals surface area (Å²) in [4.78, 5) is 48.6. The van der Waals surface area contributed by atoms with Gasteiger partial charge in [-0.3, -0.25) is 19.3 Å². The van der Waals surface area contributed by atoms with Crippen molar-refractivity contribution in [2.45, 2.75) is 32.4 Å². The number of rotatable bonds is 6. The maximum absolute atomic E-state index is 12.1. The van der Waals surface area contributed by atoms with Crippen LogP contribution in [0.3, 0.4) is 0 Å². The molecule has 1 aliphatic heterocycles. The van der Waals surface area contributed by atoms with Crippen LogP contribution in [-0.2, 0) is 19.1 Å². The first-order valence-corrected chi connectivity index (χ1v) is 7.92. The van der Waals surface area contributed by atoms with Crippen LogP contribution in [-0.4, -0.2) is 54.0 Å². The van der Waals surface area contributed by atoms with Gasteiger partial charge in [-0.25, -0.2) is 4.79 Å². The van der Waals surface area contributed by atoms with Gasteiger partial charge in [-0.15, -0.1) is 0 Å². The number of imide groups is 1. The van der Waals surface area contributed by atoms with E-state index in [-0.39, 0.29) is 0 Å². The first-order valence-electron chi connectivity index (χ1n) is 7.92. The van der Waals surface area contributed by atoms with E-state index in [4.69, 9.17) is 9.47 Å².